The quantitative estimate of drug-likeness (QED) is 0.730. The van der Waals surface area contributed by atoms with Crippen LogP contribution in [0.3, 0.4) is 0 Å². The van der Waals surface area contributed by atoms with Crippen molar-refractivity contribution < 1.29 is 4.74 Å². The van der Waals surface area contributed by atoms with Gasteiger partial charge in [0.2, 0.25) is 5.88 Å². The maximum absolute atomic E-state index is 5.84. The van der Waals surface area contributed by atoms with Crippen LogP contribution in [0.25, 0.3) is 11.1 Å². The van der Waals surface area contributed by atoms with Gasteiger partial charge >= 0.3 is 0 Å². The summed E-state index contributed by atoms with van der Waals surface area (Å²) in [5.41, 5.74) is 3.08. The molecule has 2 heterocycles. The molecule has 0 N–H and O–H groups in total. The average molecular weight is 268 g/mol. The van der Waals surface area contributed by atoms with Crippen LogP contribution in [0.1, 0.15) is 5.56 Å². The number of nitrogens with zero attached hydrogens (tertiary/aromatic N) is 4. The van der Waals surface area contributed by atoms with Crippen molar-refractivity contribution in [3.8, 4) is 17.0 Å². The van der Waals surface area contributed by atoms with E-state index >= 15 is 0 Å². The molecule has 0 unspecified atom stereocenters. The van der Waals surface area contributed by atoms with Crippen LogP contribution in [0.5, 0.6) is 5.88 Å². The van der Waals surface area contributed by atoms with Crippen molar-refractivity contribution in [3.63, 3.8) is 0 Å². The van der Waals surface area contributed by atoms with E-state index in [0.29, 0.717) is 12.5 Å². The third kappa shape index (κ3) is 2.56. The summed E-state index contributed by atoms with van der Waals surface area (Å²) in [7, 11) is 3.78. The van der Waals surface area contributed by atoms with Gasteiger partial charge < -0.3 is 4.74 Å². The van der Waals surface area contributed by atoms with Crippen molar-refractivity contribution >= 4 is 0 Å². The molecule has 3 rings (SSSR count). The summed E-state index contributed by atoms with van der Waals surface area (Å²) in [6, 6.07) is 10.1. The Morgan fingerprint density at radius 3 is 2.55 bits per heavy atom. The van der Waals surface area contributed by atoms with Gasteiger partial charge in [0, 0.05) is 32.1 Å². The highest BCUT2D eigenvalue weighted by Crippen LogP contribution is 2.28. The highest BCUT2D eigenvalue weighted by atomic mass is 16.5. The first kappa shape index (κ1) is 12.5. The first-order valence-electron chi connectivity index (χ1n) is 6.42. The summed E-state index contributed by atoms with van der Waals surface area (Å²) in [5, 5.41) is 8.55. The van der Waals surface area contributed by atoms with E-state index in [9.17, 15) is 0 Å². The van der Waals surface area contributed by atoms with Crippen LogP contribution in [0.15, 0.2) is 48.9 Å². The highest BCUT2D eigenvalue weighted by molar-refractivity contribution is 5.66. The molecule has 0 bridgehead atoms. The molecule has 0 aliphatic carbocycles. The zero-order valence-electron chi connectivity index (χ0n) is 11.5. The smallest absolute Gasteiger partial charge is 0.241 e. The van der Waals surface area contributed by atoms with Crippen molar-refractivity contribution in [2.24, 2.45) is 14.1 Å². The Kier molecular flexibility index (Phi) is 3.25. The minimum Gasteiger partial charge on any atom is -0.471 e. The summed E-state index contributed by atoms with van der Waals surface area (Å²) in [6.45, 7) is 0.505. The molecule has 5 heteroatoms. The second kappa shape index (κ2) is 5.21. The molecular formula is C15H16N4O. The Labute approximate surface area is 117 Å². The number of aryl methyl sites for hydroxylation is 2. The van der Waals surface area contributed by atoms with Crippen molar-refractivity contribution in [3.05, 3.63) is 54.5 Å². The molecule has 20 heavy (non-hydrogen) atoms. The zero-order valence-corrected chi connectivity index (χ0v) is 11.5. The SMILES string of the molecule is Cn1cc(-c2cn(C)nc2OCc2ccccc2)cn1. The Balaban J connectivity index is 1.83. The number of rotatable bonds is 4. The van der Waals surface area contributed by atoms with Gasteiger partial charge in [-0.1, -0.05) is 30.3 Å². The third-order valence-corrected chi connectivity index (χ3v) is 3.03. The minimum atomic E-state index is 0.505. The fraction of sp³-hybridized carbons (Fsp3) is 0.200. The molecule has 0 aliphatic heterocycles. The van der Waals surface area contributed by atoms with Gasteiger partial charge in [-0.3, -0.25) is 9.36 Å². The molecular weight excluding hydrogens is 252 g/mol. The van der Waals surface area contributed by atoms with Crippen LogP contribution in [0.2, 0.25) is 0 Å². The van der Waals surface area contributed by atoms with Crippen LogP contribution in [-0.4, -0.2) is 19.6 Å². The molecule has 0 spiro atoms. The van der Waals surface area contributed by atoms with Gasteiger partial charge in [0.15, 0.2) is 0 Å². The molecule has 5 nitrogen and oxygen atoms in total. The van der Waals surface area contributed by atoms with Crippen molar-refractivity contribution in [2.75, 3.05) is 0 Å². The van der Waals surface area contributed by atoms with E-state index < -0.39 is 0 Å². The number of hydrogen-bond acceptors (Lipinski definition) is 3. The lowest BCUT2D eigenvalue weighted by Gasteiger charge is -2.04. The normalized spacial score (nSPS) is 10.7. The summed E-state index contributed by atoms with van der Waals surface area (Å²) >= 11 is 0. The topological polar surface area (TPSA) is 44.9 Å². The van der Waals surface area contributed by atoms with Crippen molar-refractivity contribution in [1.29, 1.82) is 0 Å². The number of hydrogen-bond donors (Lipinski definition) is 0. The predicted octanol–water partition coefficient (Wildman–Crippen LogP) is 2.40. The number of benzene rings is 1. The van der Waals surface area contributed by atoms with Gasteiger partial charge in [-0.2, -0.15) is 5.10 Å². The van der Waals surface area contributed by atoms with E-state index in [2.05, 4.69) is 10.2 Å². The minimum absolute atomic E-state index is 0.505. The molecule has 0 radical (unpaired) electrons. The summed E-state index contributed by atoms with van der Waals surface area (Å²) < 4.78 is 9.36. The van der Waals surface area contributed by atoms with Crippen LogP contribution in [-0.2, 0) is 20.7 Å². The van der Waals surface area contributed by atoms with Gasteiger partial charge in [-0.05, 0) is 5.56 Å². The molecule has 2 aromatic heterocycles. The summed E-state index contributed by atoms with van der Waals surface area (Å²) in [4.78, 5) is 0. The van der Waals surface area contributed by atoms with Gasteiger partial charge in [-0.15, -0.1) is 5.10 Å². The Morgan fingerprint density at radius 2 is 1.85 bits per heavy atom. The second-order valence-corrected chi connectivity index (χ2v) is 4.70. The van der Waals surface area contributed by atoms with E-state index in [-0.39, 0.29) is 0 Å². The Hall–Kier alpha value is -2.56. The molecule has 0 saturated carbocycles. The van der Waals surface area contributed by atoms with Crippen LogP contribution < -0.4 is 4.74 Å². The standard InChI is InChI=1S/C15H16N4O/c1-18-9-13(8-16-18)14-10-19(2)17-15(14)20-11-12-6-4-3-5-7-12/h3-10H,11H2,1-2H3. The van der Waals surface area contributed by atoms with Gasteiger partial charge in [0.25, 0.3) is 0 Å². The molecule has 0 atom stereocenters. The first-order chi connectivity index (χ1) is 9.72. The Bertz CT molecular complexity index is 700. The van der Waals surface area contributed by atoms with E-state index in [4.69, 9.17) is 4.74 Å². The van der Waals surface area contributed by atoms with Gasteiger partial charge in [-0.25, -0.2) is 0 Å². The lowest BCUT2D eigenvalue weighted by Crippen LogP contribution is -1.97. The molecule has 0 amide bonds. The molecule has 1 aromatic carbocycles. The van der Waals surface area contributed by atoms with E-state index in [1.165, 1.54) is 0 Å². The van der Waals surface area contributed by atoms with E-state index in [0.717, 1.165) is 16.7 Å². The van der Waals surface area contributed by atoms with Gasteiger partial charge in [0.1, 0.15) is 6.61 Å². The number of aromatic nitrogens is 4. The third-order valence-electron chi connectivity index (χ3n) is 3.03. The average Bonchev–Trinajstić information content (AvgIpc) is 3.03. The van der Waals surface area contributed by atoms with Crippen molar-refractivity contribution in [2.45, 2.75) is 6.61 Å². The largest absolute Gasteiger partial charge is 0.471 e. The zero-order chi connectivity index (χ0) is 13.9. The van der Waals surface area contributed by atoms with E-state index in [1.54, 1.807) is 9.36 Å². The van der Waals surface area contributed by atoms with Crippen molar-refractivity contribution in [1.82, 2.24) is 19.6 Å². The van der Waals surface area contributed by atoms with Crippen LogP contribution in [0, 0.1) is 0 Å². The van der Waals surface area contributed by atoms with Gasteiger partial charge in [0.05, 0.1) is 11.8 Å². The lowest BCUT2D eigenvalue weighted by molar-refractivity contribution is 0.292. The number of ether oxygens (including phenoxy) is 1. The fourth-order valence-corrected chi connectivity index (χ4v) is 2.06. The fourth-order valence-electron chi connectivity index (χ4n) is 2.06. The summed E-state index contributed by atoms with van der Waals surface area (Å²) in [6.07, 6.45) is 5.70. The molecule has 0 fully saturated rings. The first-order valence-corrected chi connectivity index (χ1v) is 6.42. The molecule has 0 saturated heterocycles. The highest BCUT2D eigenvalue weighted by Gasteiger charge is 2.12. The lowest BCUT2D eigenvalue weighted by atomic mass is 10.2. The Morgan fingerprint density at radius 1 is 1.05 bits per heavy atom. The molecule has 0 aliphatic rings. The molecule has 102 valence electrons. The second-order valence-electron chi connectivity index (χ2n) is 4.70. The summed E-state index contributed by atoms with van der Waals surface area (Å²) in [5.74, 6) is 0.629. The van der Waals surface area contributed by atoms with Crippen LogP contribution in [0.4, 0.5) is 0 Å². The molecule has 3 aromatic rings. The monoisotopic (exact) mass is 268 g/mol. The van der Waals surface area contributed by atoms with Crippen LogP contribution >= 0.6 is 0 Å². The maximum atomic E-state index is 5.84. The van der Waals surface area contributed by atoms with E-state index in [1.807, 2.05) is 63.0 Å². The maximum Gasteiger partial charge on any atom is 0.241 e. The predicted molar refractivity (Wildman–Crippen MR) is 76.2 cm³/mol.